The summed E-state index contributed by atoms with van der Waals surface area (Å²) in [6, 6.07) is 21.4. The number of aromatic nitrogens is 5. The van der Waals surface area contributed by atoms with Crippen molar-refractivity contribution in [2.75, 3.05) is 6.61 Å². The third-order valence-electron chi connectivity index (χ3n) is 5.84. The lowest BCUT2D eigenvalue weighted by Gasteiger charge is -2.06. The molecule has 188 valence electrons. The Labute approximate surface area is 225 Å². The molecule has 0 unspecified atom stereocenters. The van der Waals surface area contributed by atoms with Crippen LogP contribution in [-0.4, -0.2) is 31.0 Å². The highest BCUT2D eigenvalue weighted by Crippen LogP contribution is 2.29. The van der Waals surface area contributed by atoms with Gasteiger partial charge in [-0.05, 0) is 67.6 Å². The van der Waals surface area contributed by atoms with Crippen LogP contribution in [0.25, 0.3) is 39.4 Å². The van der Waals surface area contributed by atoms with Crippen LogP contribution >= 0.6 is 22.9 Å². The van der Waals surface area contributed by atoms with Gasteiger partial charge in [0, 0.05) is 27.9 Å². The van der Waals surface area contributed by atoms with Crippen LogP contribution in [0.3, 0.4) is 0 Å². The van der Waals surface area contributed by atoms with E-state index < -0.39 is 5.82 Å². The van der Waals surface area contributed by atoms with Crippen LogP contribution in [0.5, 0.6) is 5.75 Å². The second-order valence-electron chi connectivity index (χ2n) is 8.34. The number of ether oxygens (including phenoxy) is 1. The molecule has 3 heterocycles. The van der Waals surface area contributed by atoms with E-state index in [0.717, 1.165) is 11.3 Å². The number of rotatable bonds is 6. The Morgan fingerprint density at radius 3 is 2.50 bits per heavy atom. The van der Waals surface area contributed by atoms with Crippen LogP contribution in [0.15, 0.2) is 83.8 Å². The molecule has 0 saturated carbocycles. The number of hydrogen-bond donors (Lipinski definition) is 0. The molecule has 7 nitrogen and oxygen atoms in total. The topological polar surface area (TPSA) is 74.3 Å². The van der Waals surface area contributed by atoms with Gasteiger partial charge in [0.2, 0.25) is 4.96 Å². The monoisotopic (exact) mass is 543 g/mol. The zero-order valence-electron chi connectivity index (χ0n) is 20.0. The highest BCUT2D eigenvalue weighted by Gasteiger charge is 2.16. The van der Waals surface area contributed by atoms with Gasteiger partial charge in [0.1, 0.15) is 5.69 Å². The van der Waals surface area contributed by atoms with Crippen molar-refractivity contribution in [1.29, 1.82) is 0 Å². The molecule has 0 saturated heterocycles. The summed E-state index contributed by atoms with van der Waals surface area (Å²) in [5.74, 6) is 0.134. The van der Waals surface area contributed by atoms with Crippen LogP contribution in [0, 0.1) is 5.82 Å². The van der Waals surface area contributed by atoms with E-state index in [4.69, 9.17) is 21.4 Å². The Balaban J connectivity index is 1.47. The smallest absolute Gasteiger partial charge is 0.291 e. The van der Waals surface area contributed by atoms with Crippen LogP contribution in [0.1, 0.15) is 12.5 Å². The first-order valence-electron chi connectivity index (χ1n) is 11.7. The van der Waals surface area contributed by atoms with Gasteiger partial charge in [-0.15, -0.1) is 5.10 Å². The fourth-order valence-corrected chi connectivity index (χ4v) is 5.07. The molecule has 0 aliphatic rings. The Kier molecular flexibility index (Phi) is 6.22. The fourth-order valence-electron chi connectivity index (χ4n) is 4.05. The molecule has 10 heteroatoms. The molecule has 3 aromatic carbocycles. The zero-order valence-corrected chi connectivity index (χ0v) is 21.6. The highest BCUT2D eigenvalue weighted by molar-refractivity contribution is 7.15. The molecular weight excluding hydrogens is 525 g/mol. The number of fused-ring (bicyclic) bond motifs is 1. The first kappa shape index (κ1) is 24.0. The van der Waals surface area contributed by atoms with E-state index in [1.165, 1.54) is 21.9 Å². The summed E-state index contributed by atoms with van der Waals surface area (Å²) in [6.07, 6.45) is 3.55. The van der Waals surface area contributed by atoms with Crippen molar-refractivity contribution in [2.24, 2.45) is 0 Å². The number of para-hydroxylation sites is 1. The molecule has 0 spiro atoms. The molecule has 0 bridgehead atoms. The highest BCUT2D eigenvalue weighted by atomic mass is 35.5. The number of nitrogens with zero attached hydrogens (tertiary/aromatic N) is 5. The minimum absolute atomic E-state index is 0.174. The summed E-state index contributed by atoms with van der Waals surface area (Å²) in [7, 11) is 0. The van der Waals surface area contributed by atoms with Gasteiger partial charge >= 0.3 is 0 Å². The van der Waals surface area contributed by atoms with Crippen LogP contribution in [0.2, 0.25) is 5.02 Å². The van der Waals surface area contributed by atoms with Gasteiger partial charge in [-0.1, -0.05) is 41.1 Å². The number of hydrogen-bond acceptors (Lipinski definition) is 6. The van der Waals surface area contributed by atoms with E-state index >= 15 is 0 Å². The van der Waals surface area contributed by atoms with Crippen molar-refractivity contribution in [3.63, 3.8) is 0 Å². The number of thiazole rings is 1. The van der Waals surface area contributed by atoms with E-state index in [-0.39, 0.29) is 11.3 Å². The fraction of sp³-hybridized carbons (Fsp3) is 0.0714. The third-order valence-corrected chi connectivity index (χ3v) is 7.05. The van der Waals surface area contributed by atoms with Gasteiger partial charge in [-0.3, -0.25) is 4.79 Å². The maximum Gasteiger partial charge on any atom is 0.291 e. The predicted molar refractivity (Wildman–Crippen MR) is 146 cm³/mol. The summed E-state index contributed by atoms with van der Waals surface area (Å²) in [5, 5.41) is 9.74. The van der Waals surface area contributed by atoms with E-state index in [9.17, 15) is 9.18 Å². The molecule has 0 aliphatic carbocycles. The molecule has 0 aliphatic heterocycles. The predicted octanol–water partition coefficient (Wildman–Crippen LogP) is 5.41. The number of halogens is 2. The SMILES string of the molecule is CCOc1ccc(-c2nn(-c3ccccc3)cc2/C=c2\sc3nc(-c4ccc(Cl)cc4)nn3c2=O)cc1F. The average Bonchev–Trinajstić information content (AvgIpc) is 3.62. The first-order chi connectivity index (χ1) is 18.5. The van der Waals surface area contributed by atoms with E-state index in [0.29, 0.717) is 43.8 Å². The lowest BCUT2D eigenvalue weighted by atomic mass is 10.1. The summed E-state index contributed by atoms with van der Waals surface area (Å²) in [5.41, 5.74) is 3.03. The second-order valence-corrected chi connectivity index (χ2v) is 9.79. The molecule has 6 aromatic rings. The van der Waals surface area contributed by atoms with Crippen molar-refractivity contribution in [2.45, 2.75) is 6.92 Å². The molecule has 0 amide bonds. The van der Waals surface area contributed by atoms with Crippen molar-refractivity contribution in [3.8, 4) is 34.1 Å². The van der Waals surface area contributed by atoms with Gasteiger partial charge in [-0.2, -0.15) is 14.6 Å². The van der Waals surface area contributed by atoms with Gasteiger partial charge < -0.3 is 4.74 Å². The van der Waals surface area contributed by atoms with Crippen molar-refractivity contribution in [1.82, 2.24) is 24.4 Å². The second kappa shape index (κ2) is 9.85. The lowest BCUT2D eigenvalue weighted by Crippen LogP contribution is -2.23. The van der Waals surface area contributed by atoms with Gasteiger partial charge in [0.05, 0.1) is 16.8 Å². The maximum absolute atomic E-state index is 14.7. The van der Waals surface area contributed by atoms with E-state index in [2.05, 4.69) is 10.1 Å². The minimum atomic E-state index is -0.484. The van der Waals surface area contributed by atoms with Gasteiger partial charge in [-0.25, -0.2) is 9.07 Å². The Hall–Kier alpha value is -4.34. The normalized spacial score (nSPS) is 11.9. The molecule has 38 heavy (non-hydrogen) atoms. The summed E-state index contributed by atoms with van der Waals surface area (Å²) >= 11 is 7.20. The maximum atomic E-state index is 14.7. The molecule has 3 aromatic heterocycles. The van der Waals surface area contributed by atoms with E-state index in [1.807, 2.05) is 36.5 Å². The summed E-state index contributed by atoms with van der Waals surface area (Å²) in [4.78, 5) is 18.2. The molecule has 0 fully saturated rings. The molecular formula is C28H19ClFN5O2S. The standard InChI is InChI=1S/C28H19ClFN5O2S/c1-2-37-23-13-10-18(14-22(23)30)25-19(16-34(32-25)21-6-4-3-5-7-21)15-24-27(36)35-28(38-24)31-26(33-35)17-8-11-20(29)12-9-17/h3-16H,2H2,1H3/b24-15-. The largest absolute Gasteiger partial charge is 0.491 e. The Morgan fingerprint density at radius 2 is 1.79 bits per heavy atom. The van der Waals surface area contributed by atoms with Crippen molar-refractivity contribution >= 4 is 34.0 Å². The number of benzene rings is 3. The summed E-state index contributed by atoms with van der Waals surface area (Å²) < 4.78 is 23.5. The van der Waals surface area contributed by atoms with E-state index in [1.54, 1.807) is 54.1 Å². The van der Waals surface area contributed by atoms with Crippen LogP contribution in [-0.2, 0) is 0 Å². The third kappa shape index (κ3) is 4.46. The first-order valence-corrected chi connectivity index (χ1v) is 12.9. The minimum Gasteiger partial charge on any atom is -0.491 e. The summed E-state index contributed by atoms with van der Waals surface area (Å²) in [6.45, 7) is 2.16. The van der Waals surface area contributed by atoms with Gasteiger partial charge in [0.15, 0.2) is 17.4 Å². The molecule has 0 atom stereocenters. The quantitative estimate of drug-likeness (QED) is 0.281. The van der Waals surface area contributed by atoms with Crippen molar-refractivity contribution in [3.05, 3.63) is 110 Å². The van der Waals surface area contributed by atoms with Gasteiger partial charge in [0.25, 0.3) is 5.56 Å². The zero-order chi connectivity index (χ0) is 26.2. The Bertz CT molecular complexity index is 1880. The van der Waals surface area contributed by atoms with Crippen molar-refractivity contribution < 1.29 is 9.13 Å². The lowest BCUT2D eigenvalue weighted by molar-refractivity contribution is 0.321. The molecule has 0 N–H and O–H groups in total. The van der Waals surface area contributed by atoms with Crippen LogP contribution in [0.4, 0.5) is 4.39 Å². The Morgan fingerprint density at radius 1 is 1.03 bits per heavy atom. The average molecular weight is 544 g/mol. The molecule has 0 radical (unpaired) electrons. The molecule has 6 rings (SSSR count). The van der Waals surface area contributed by atoms with Crippen LogP contribution < -0.4 is 14.8 Å².